The van der Waals surface area contributed by atoms with E-state index >= 15 is 0 Å². The van der Waals surface area contributed by atoms with Crippen LogP contribution < -0.4 is 4.90 Å². The van der Waals surface area contributed by atoms with Gasteiger partial charge in [-0.25, -0.2) is 0 Å². The number of ether oxygens (including phenoxy) is 3. The Labute approximate surface area is 154 Å². The van der Waals surface area contributed by atoms with Crippen molar-refractivity contribution < 1.29 is 14.2 Å². The maximum absolute atomic E-state index is 5.67. The molecule has 25 heavy (non-hydrogen) atoms. The van der Waals surface area contributed by atoms with Gasteiger partial charge in [0.05, 0.1) is 5.92 Å². The first-order valence-corrected chi connectivity index (χ1v) is 9.47. The summed E-state index contributed by atoms with van der Waals surface area (Å²) < 4.78 is 17.0. The molecule has 1 aromatic carbocycles. The van der Waals surface area contributed by atoms with Crippen LogP contribution in [0.15, 0.2) is 24.3 Å². The number of nitrogens with zero attached hydrogens (tertiary/aromatic N) is 1. The Morgan fingerprint density at radius 3 is 1.84 bits per heavy atom. The molecule has 4 heteroatoms. The molecule has 0 aliphatic carbocycles. The number of anilines is 1. The molecule has 1 rings (SSSR count). The SMILES string of the molecule is CCCCCCCCC(c1ccc(N(C)C)cc1)C(OC)(OC)OC. The minimum atomic E-state index is -1.04. The molecule has 1 aromatic rings. The van der Waals surface area contributed by atoms with E-state index in [1.54, 1.807) is 21.3 Å². The zero-order chi connectivity index (χ0) is 18.7. The van der Waals surface area contributed by atoms with E-state index < -0.39 is 5.97 Å². The maximum Gasteiger partial charge on any atom is 0.289 e. The van der Waals surface area contributed by atoms with Gasteiger partial charge < -0.3 is 19.1 Å². The van der Waals surface area contributed by atoms with E-state index in [2.05, 4.69) is 36.1 Å². The first-order chi connectivity index (χ1) is 12.0. The zero-order valence-electron chi connectivity index (χ0n) is 17.0. The highest BCUT2D eigenvalue weighted by Crippen LogP contribution is 2.37. The highest BCUT2D eigenvalue weighted by atomic mass is 16.9. The first-order valence-electron chi connectivity index (χ1n) is 9.47. The van der Waals surface area contributed by atoms with Crippen LogP contribution in [0.3, 0.4) is 0 Å². The monoisotopic (exact) mass is 351 g/mol. The van der Waals surface area contributed by atoms with Crippen LogP contribution in [0.4, 0.5) is 5.69 Å². The molecule has 0 spiro atoms. The van der Waals surface area contributed by atoms with Crippen LogP contribution in [-0.2, 0) is 14.2 Å². The third-order valence-electron chi connectivity index (χ3n) is 4.94. The van der Waals surface area contributed by atoms with E-state index in [0.717, 1.165) is 12.8 Å². The summed E-state index contributed by atoms with van der Waals surface area (Å²) in [5, 5.41) is 0. The second-order valence-corrected chi connectivity index (χ2v) is 6.81. The summed E-state index contributed by atoms with van der Waals surface area (Å²) in [4.78, 5) is 2.10. The van der Waals surface area contributed by atoms with Crippen molar-refractivity contribution in [1.82, 2.24) is 0 Å². The molecule has 0 amide bonds. The Morgan fingerprint density at radius 2 is 1.36 bits per heavy atom. The Morgan fingerprint density at radius 1 is 0.840 bits per heavy atom. The number of unbranched alkanes of at least 4 members (excludes halogenated alkanes) is 5. The average molecular weight is 352 g/mol. The molecule has 0 aliphatic rings. The van der Waals surface area contributed by atoms with Crippen LogP contribution in [-0.4, -0.2) is 41.4 Å². The van der Waals surface area contributed by atoms with Crippen molar-refractivity contribution >= 4 is 5.69 Å². The van der Waals surface area contributed by atoms with Crippen LogP contribution in [0.1, 0.15) is 63.4 Å². The quantitative estimate of drug-likeness (QED) is 0.362. The molecule has 0 heterocycles. The molecule has 0 saturated carbocycles. The van der Waals surface area contributed by atoms with Crippen LogP contribution >= 0.6 is 0 Å². The maximum atomic E-state index is 5.67. The molecule has 0 aromatic heterocycles. The van der Waals surface area contributed by atoms with Crippen LogP contribution in [0.25, 0.3) is 0 Å². The third kappa shape index (κ3) is 6.28. The minimum Gasteiger partial charge on any atom is -0.378 e. The lowest BCUT2D eigenvalue weighted by Crippen LogP contribution is -2.42. The lowest BCUT2D eigenvalue weighted by atomic mass is 9.90. The average Bonchev–Trinajstić information content (AvgIpc) is 2.64. The molecule has 0 bridgehead atoms. The fourth-order valence-electron chi connectivity index (χ4n) is 3.36. The van der Waals surface area contributed by atoms with Crippen molar-refractivity contribution in [2.75, 3.05) is 40.3 Å². The van der Waals surface area contributed by atoms with Gasteiger partial charge in [0, 0.05) is 41.1 Å². The van der Waals surface area contributed by atoms with Crippen LogP contribution in [0.5, 0.6) is 0 Å². The summed E-state index contributed by atoms with van der Waals surface area (Å²) in [6.45, 7) is 2.25. The van der Waals surface area contributed by atoms with Crippen molar-refractivity contribution in [3.63, 3.8) is 0 Å². The van der Waals surface area contributed by atoms with E-state index in [0.29, 0.717) is 0 Å². The van der Waals surface area contributed by atoms with Gasteiger partial charge in [0.25, 0.3) is 5.97 Å². The highest BCUT2D eigenvalue weighted by molar-refractivity contribution is 5.46. The first kappa shape index (κ1) is 21.9. The summed E-state index contributed by atoms with van der Waals surface area (Å²) in [6, 6.07) is 8.58. The molecule has 0 saturated heterocycles. The molecule has 1 unspecified atom stereocenters. The smallest absolute Gasteiger partial charge is 0.289 e. The zero-order valence-corrected chi connectivity index (χ0v) is 17.0. The predicted molar refractivity (Wildman–Crippen MR) is 105 cm³/mol. The number of hydrogen-bond acceptors (Lipinski definition) is 4. The summed E-state index contributed by atoms with van der Waals surface area (Å²) in [6.07, 6.45) is 8.57. The van der Waals surface area contributed by atoms with Gasteiger partial charge in [0.15, 0.2) is 0 Å². The van der Waals surface area contributed by atoms with E-state index in [4.69, 9.17) is 14.2 Å². The second-order valence-electron chi connectivity index (χ2n) is 6.81. The number of rotatable bonds is 13. The van der Waals surface area contributed by atoms with Gasteiger partial charge in [-0.2, -0.15) is 0 Å². The molecular formula is C21H37NO3. The lowest BCUT2D eigenvalue weighted by Gasteiger charge is -2.37. The second kappa shape index (κ2) is 11.5. The number of methoxy groups -OCH3 is 3. The minimum absolute atomic E-state index is 0.0369. The van der Waals surface area contributed by atoms with Gasteiger partial charge in [-0.05, 0) is 24.1 Å². The van der Waals surface area contributed by atoms with Crippen molar-refractivity contribution in [1.29, 1.82) is 0 Å². The molecule has 0 fully saturated rings. The molecule has 0 radical (unpaired) electrons. The molecule has 144 valence electrons. The molecule has 0 aliphatic heterocycles. The normalized spacial score (nSPS) is 13.0. The highest BCUT2D eigenvalue weighted by Gasteiger charge is 2.40. The summed E-state index contributed by atoms with van der Waals surface area (Å²) in [7, 11) is 9.04. The molecule has 1 atom stereocenters. The fraction of sp³-hybridized carbons (Fsp3) is 0.714. The fourth-order valence-corrected chi connectivity index (χ4v) is 3.36. The Balaban J connectivity index is 2.87. The summed E-state index contributed by atoms with van der Waals surface area (Å²) >= 11 is 0. The van der Waals surface area contributed by atoms with Crippen molar-refractivity contribution in [3.8, 4) is 0 Å². The predicted octanol–water partition coefficient (Wildman–Crippen LogP) is 5.18. The summed E-state index contributed by atoms with van der Waals surface area (Å²) in [5.41, 5.74) is 2.37. The molecule has 4 nitrogen and oxygen atoms in total. The number of benzene rings is 1. The van der Waals surface area contributed by atoms with Gasteiger partial charge >= 0.3 is 0 Å². The Hall–Kier alpha value is -1.10. The van der Waals surface area contributed by atoms with Gasteiger partial charge in [-0.1, -0.05) is 57.6 Å². The summed E-state index contributed by atoms with van der Waals surface area (Å²) in [5.74, 6) is -1.00. The van der Waals surface area contributed by atoms with E-state index in [1.807, 2.05) is 14.1 Å². The van der Waals surface area contributed by atoms with Gasteiger partial charge in [-0.15, -0.1) is 0 Å². The Kier molecular flexibility index (Phi) is 10.1. The lowest BCUT2D eigenvalue weighted by molar-refractivity contribution is -0.365. The van der Waals surface area contributed by atoms with Crippen molar-refractivity contribution in [3.05, 3.63) is 29.8 Å². The van der Waals surface area contributed by atoms with Crippen LogP contribution in [0, 0.1) is 0 Å². The van der Waals surface area contributed by atoms with E-state index in [1.165, 1.54) is 43.4 Å². The Bertz CT molecular complexity index is 446. The third-order valence-corrected chi connectivity index (χ3v) is 4.94. The van der Waals surface area contributed by atoms with Crippen molar-refractivity contribution in [2.24, 2.45) is 0 Å². The van der Waals surface area contributed by atoms with Crippen molar-refractivity contribution in [2.45, 2.75) is 63.8 Å². The number of hydrogen-bond donors (Lipinski definition) is 0. The largest absolute Gasteiger partial charge is 0.378 e. The standard InChI is InChI=1S/C21H37NO3/c1-7-8-9-10-11-12-13-20(21(23-4,24-5)25-6)18-14-16-19(17-15-18)22(2)3/h14-17,20H,7-13H2,1-6H3. The van der Waals surface area contributed by atoms with Gasteiger partial charge in [0.1, 0.15) is 0 Å². The molecular weight excluding hydrogens is 314 g/mol. The van der Waals surface area contributed by atoms with E-state index in [-0.39, 0.29) is 5.92 Å². The van der Waals surface area contributed by atoms with Gasteiger partial charge in [-0.3, -0.25) is 0 Å². The van der Waals surface area contributed by atoms with Crippen LogP contribution in [0.2, 0.25) is 0 Å². The molecule has 0 N–H and O–H groups in total. The topological polar surface area (TPSA) is 30.9 Å². The van der Waals surface area contributed by atoms with Gasteiger partial charge in [0.2, 0.25) is 0 Å². The van der Waals surface area contributed by atoms with E-state index in [9.17, 15) is 0 Å².